The fourth-order valence-corrected chi connectivity index (χ4v) is 2.88. The minimum atomic E-state index is -0.529. The molecule has 2 unspecified atom stereocenters. The molecule has 1 aromatic rings. The predicted octanol–water partition coefficient (Wildman–Crippen LogP) is 3.72. The molecule has 0 saturated heterocycles. The summed E-state index contributed by atoms with van der Waals surface area (Å²) in [4.78, 5) is 0. The molecular formula is C17H23FN2O. The molecule has 0 radical (unpaired) electrons. The highest BCUT2D eigenvalue weighted by atomic mass is 19.1. The van der Waals surface area contributed by atoms with Crippen LogP contribution in [0, 0.1) is 24.1 Å². The van der Waals surface area contributed by atoms with Crippen molar-refractivity contribution in [2.75, 3.05) is 6.54 Å². The second kappa shape index (κ2) is 6.91. The Morgan fingerprint density at radius 1 is 1.52 bits per heavy atom. The van der Waals surface area contributed by atoms with E-state index >= 15 is 0 Å². The summed E-state index contributed by atoms with van der Waals surface area (Å²) in [5, 5.41) is 12.8. The zero-order chi connectivity index (χ0) is 15.3. The molecule has 1 aromatic carbocycles. The highest BCUT2D eigenvalue weighted by molar-refractivity contribution is 5.30. The SMILES string of the molecule is CCCNC1(C#N)CCCC(Oc2cccc(C)c2F)C1. The molecule has 0 heterocycles. The number of hydrogen-bond donors (Lipinski definition) is 1. The molecule has 4 heteroatoms. The van der Waals surface area contributed by atoms with Gasteiger partial charge in [0.25, 0.3) is 0 Å². The lowest BCUT2D eigenvalue weighted by Gasteiger charge is -2.36. The summed E-state index contributed by atoms with van der Waals surface area (Å²) in [6, 6.07) is 7.59. The number of nitriles is 1. The first-order chi connectivity index (χ1) is 10.1. The smallest absolute Gasteiger partial charge is 0.167 e. The number of ether oxygens (including phenoxy) is 1. The zero-order valence-electron chi connectivity index (χ0n) is 12.8. The molecule has 1 aliphatic rings. The number of hydrogen-bond acceptors (Lipinski definition) is 3. The molecule has 0 aliphatic heterocycles. The van der Waals surface area contributed by atoms with Crippen molar-refractivity contribution < 1.29 is 9.13 Å². The lowest BCUT2D eigenvalue weighted by Crippen LogP contribution is -2.50. The zero-order valence-corrected chi connectivity index (χ0v) is 12.8. The first kappa shape index (κ1) is 15.8. The van der Waals surface area contributed by atoms with Gasteiger partial charge in [0.05, 0.1) is 6.07 Å². The summed E-state index contributed by atoms with van der Waals surface area (Å²) in [7, 11) is 0. The molecule has 1 N–H and O–H groups in total. The maximum absolute atomic E-state index is 14.0. The second-order valence-corrected chi connectivity index (χ2v) is 5.84. The Balaban J connectivity index is 2.07. The van der Waals surface area contributed by atoms with Crippen LogP contribution < -0.4 is 10.1 Å². The average molecular weight is 290 g/mol. The molecule has 21 heavy (non-hydrogen) atoms. The second-order valence-electron chi connectivity index (χ2n) is 5.84. The largest absolute Gasteiger partial charge is 0.487 e. The van der Waals surface area contributed by atoms with Crippen molar-refractivity contribution in [1.29, 1.82) is 5.26 Å². The molecule has 0 bridgehead atoms. The van der Waals surface area contributed by atoms with Gasteiger partial charge >= 0.3 is 0 Å². The number of aryl methyl sites for hydroxylation is 1. The molecule has 1 fully saturated rings. The van der Waals surface area contributed by atoms with Gasteiger partial charge in [-0.2, -0.15) is 5.26 Å². The van der Waals surface area contributed by atoms with E-state index in [2.05, 4.69) is 18.3 Å². The summed E-state index contributed by atoms with van der Waals surface area (Å²) in [6.45, 7) is 4.63. The van der Waals surface area contributed by atoms with Crippen LogP contribution in [0.25, 0.3) is 0 Å². The van der Waals surface area contributed by atoms with Crippen molar-refractivity contribution in [2.24, 2.45) is 0 Å². The Morgan fingerprint density at radius 3 is 3.05 bits per heavy atom. The Labute approximate surface area is 126 Å². The van der Waals surface area contributed by atoms with E-state index in [1.165, 1.54) is 0 Å². The van der Waals surface area contributed by atoms with E-state index in [4.69, 9.17) is 4.74 Å². The van der Waals surface area contributed by atoms with Crippen LogP contribution in [-0.4, -0.2) is 18.2 Å². The van der Waals surface area contributed by atoms with Gasteiger partial charge in [-0.3, -0.25) is 5.32 Å². The van der Waals surface area contributed by atoms with E-state index < -0.39 is 5.54 Å². The van der Waals surface area contributed by atoms with Crippen molar-refractivity contribution in [1.82, 2.24) is 5.32 Å². The highest BCUT2D eigenvalue weighted by Gasteiger charge is 2.37. The normalized spacial score (nSPS) is 25.3. The standard InChI is InChI=1S/C17H23FN2O/c1-3-10-20-17(12-19)9-5-7-14(11-17)21-15-8-4-6-13(2)16(15)18/h4,6,8,14,20H,3,5,7,9-11H2,1-2H3. The number of rotatable bonds is 5. The van der Waals surface area contributed by atoms with Gasteiger partial charge in [0.15, 0.2) is 11.6 Å². The molecule has 3 nitrogen and oxygen atoms in total. The average Bonchev–Trinajstić information content (AvgIpc) is 2.50. The van der Waals surface area contributed by atoms with Crippen molar-refractivity contribution in [3.63, 3.8) is 0 Å². The maximum Gasteiger partial charge on any atom is 0.167 e. The van der Waals surface area contributed by atoms with Gasteiger partial charge in [0.2, 0.25) is 0 Å². The van der Waals surface area contributed by atoms with Gasteiger partial charge in [0.1, 0.15) is 11.6 Å². The third kappa shape index (κ3) is 3.74. The Morgan fingerprint density at radius 2 is 2.33 bits per heavy atom. The van der Waals surface area contributed by atoms with Crippen LogP contribution in [0.1, 0.15) is 44.6 Å². The molecular weight excluding hydrogens is 267 g/mol. The predicted molar refractivity (Wildman–Crippen MR) is 80.7 cm³/mol. The van der Waals surface area contributed by atoms with E-state index in [9.17, 15) is 9.65 Å². The fraction of sp³-hybridized carbons (Fsp3) is 0.588. The Hall–Kier alpha value is -1.60. The molecule has 0 aromatic heterocycles. The lowest BCUT2D eigenvalue weighted by molar-refractivity contribution is 0.108. The third-order valence-electron chi connectivity index (χ3n) is 4.08. The minimum Gasteiger partial charge on any atom is -0.487 e. The molecule has 2 atom stereocenters. The van der Waals surface area contributed by atoms with Crippen LogP contribution in [0.15, 0.2) is 18.2 Å². The van der Waals surface area contributed by atoms with Gasteiger partial charge < -0.3 is 4.74 Å². The van der Waals surface area contributed by atoms with Crippen LogP contribution in [0.3, 0.4) is 0 Å². The van der Waals surface area contributed by atoms with E-state index in [1.807, 2.05) is 0 Å². The number of halogens is 1. The highest BCUT2D eigenvalue weighted by Crippen LogP contribution is 2.32. The van der Waals surface area contributed by atoms with Crippen LogP contribution in [0.4, 0.5) is 4.39 Å². The number of nitrogens with one attached hydrogen (secondary N) is 1. The van der Waals surface area contributed by atoms with Gasteiger partial charge in [-0.25, -0.2) is 4.39 Å². The summed E-state index contributed by atoms with van der Waals surface area (Å²) in [6.07, 6.45) is 4.10. The van der Waals surface area contributed by atoms with Crippen molar-refractivity contribution >= 4 is 0 Å². The number of benzene rings is 1. The molecule has 0 amide bonds. The molecule has 0 spiro atoms. The topological polar surface area (TPSA) is 45.0 Å². The summed E-state index contributed by atoms with van der Waals surface area (Å²) < 4.78 is 19.9. The Bertz CT molecular complexity index is 526. The van der Waals surface area contributed by atoms with E-state index in [0.29, 0.717) is 17.7 Å². The van der Waals surface area contributed by atoms with Gasteiger partial charge in [0, 0.05) is 6.42 Å². The third-order valence-corrected chi connectivity index (χ3v) is 4.08. The molecule has 2 rings (SSSR count). The van der Waals surface area contributed by atoms with Crippen LogP contribution in [0.2, 0.25) is 0 Å². The molecule has 1 aliphatic carbocycles. The van der Waals surface area contributed by atoms with Gasteiger partial charge in [-0.15, -0.1) is 0 Å². The number of nitrogens with zero attached hydrogens (tertiary/aromatic N) is 1. The van der Waals surface area contributed by atoms with Crippen molar-refractivity contribution in [3.8, 4) is 11.8 Å². The fourth-order valence-electron chi connectivity index (χ4n) is 2.88. The van der Waals surface area contributed by atoms with E-state index in [1.54, 1.807) is 25.1 Å². The summed E-state index contributed by atoms with van der Waals surface area (Å²) >= 11 is 0. The summed E-state index contributed by atoms with van der Waals surface area (Å²) in [5.41, 5.74) is 0.0538. The van der Waals surface area contributed by atoms with Crippen LogP contribution >= 0.6 is 0 Å². The molecule has 1 saturated carbocycles. The van der Waals surface area contributed by atoms with Gasteiger partial charge in [-0.05, 0) is 50.8 Å². The van der Waals surface area contributed by atoms with Crippen molar-refractivity contribution in [3.05, 3.63) is 29.6 Å². The summed E-state index contributed by atoms with van der Waals surface area (Å²) in [5.74, 6) is -0.00335. The quantitative estimate of drug-likeness (QED) is 0.899. The first-order valence-electron chi connectivity index (χ1n) is 7.68. The minimum absolute atomic E-state index is 0.112. The van der Waals surface area contributed by atoms with E-state index in [0.717, 1.165) is 32.2 Å². The molecule has 114 valence electrons. The monoisotopic (exact) mass is 290 g/mol. The van der Waals surface area contributed by atoms with Gasteiger partial charge in [-0.1, -0.05) is 19.1 Å². The first-order valence-corrected chi connectivity index (χ1v) is 7.68. The van der Waals surface area contributed by atoms with E-state index in [-0.39, 0.29) is 11.9 Å². The maximum atomic E-state index is 14.0. The van der Waals surface area contributed by atoms with Crippen molar-refractivity contribution in [2.45, 2.75) is 57.6 Å². The van der Waals surface area contributed by atoms with Crippen LogP contribution in [0.5, 0.6) is 5.75 Å². The Kier molecular flexibility index (Phi) is 5.19. The lowest BCUT2D eigenvalue weighted by atomic mass is 9.81. The van der Waals surface area contributed by atoms with Crippen LogP contribution in [-0.2, 0) is 0 Å².